The van der Waals surface area contributed by atoms with Gasteiger partial charge < -0.3 is 9.47 Å². The van der Waals surface area contributed by atoms with Crippen LogP contribution in [0.2, 0.25) is 0 Å². The highest BCUT2D eigenvalue weighted by Crippen LogP contribution is 2.30. The van der Waals surface area contributed by atoms with Crippen LogP contribution >= 0.6 is 27.3 Å². The first-order valence-corrected chi connectivity index (χ1v) is 8.24. The van der Waals surface area contributed by atoms with E-state index >= 15 is 0 Å². The Morgan fingerprint density at radius 2 is 2.21 bits per heavy atom. The normalized spacial score (nSPS) is 15.3. The summed E-state index contributed by atoms with van der Waals surface area (Å²) in [5.41, 5.74) is 1.04. The predicted octanol–water partition coefficient (Wildman–Crippen LogP) is 3.77. The fourth-order valence-electron chi connectivity index (χ4n) is 2.06. The Morgan fingerprint density at radius 1 is 1.42 bits per heavy atom. The van der Waals surface area contributed by atoms with Crippen molar-refractivity contribution >= 4 is 50.9 Å². The van der Waals surface area contributed by atoms with E-state index in [4.69, 9.17) is 9.47 Å². The van der Waals surface area contributed by atoms with E-state index in [9.17, 15) is 14.9 Å². The number of carbonyl (C=O) groups excluding carboxylic acids is 1. The van der Waals surface area contributed by atoms with Crippen molar-refractivity contribution in [1.82, 2.24) is 0 Å². The van der Waals surface area contributed by atoms with Crippen LogP contribution in [0.3, 0.4) is 0 Å². The lowest BCUT2D eigenvalue weighted by atomic mass is 10.2. The smallest absolute Gasteiger partial charge is 0.363 e. The van der Waals surface area contributed by atoms with E-state index in [2.05, 4.69) is 20.9 Å². The number of nitro groups is 1. The van der Waals surface area contributed by atoms with Crippen LogP contribution in [0.1, 0.15) is 11.1 Å². The lowest BCUT2D eigenvalue weighted by molar-refractivity contribution is -0.385. The molecule has 0 saturated carbocycles. The number of hydrogen-bond acceptors (Lipinski definition) is 7. The number of halogens is 1. The van der Waals surface area contributed by atoms with Gasteiger partial charge in [-0.25, -0.2) is 9.79 Å². The standard InChI is InChI=1S/C15H9BrN2O5S/c1-22-12-3-2-9(6-11(12)18(20)21)14-17-10(15(19)23-14)4-8-5-13(16)24-7-8/h2-7H,1H3. The lowest BCUT2D eigenvalue weighted by Gasteiger charge is -2.03. The number of nitrogens with zero attached hydrogens (tertiary/aromatic N) is 2. The van der Waals surface area contributed by atoms with Gasteiger partial charge in [-0.15, -0.1) is 11.3 Å². The summed E-state index contributed by atoms with van der Waals surface area (Å²) in [6.07, 6.45) is 1.59. The lowest BCUT2D eigenvalue weighted by Crippen LogP contribution is -2.06. The molecule has 0 amide bonds. The van der Waals surface area contributed by atoms with Gasteiger partial charge in [0.15, 0.2) is 11.4 Å². The molecule has 0 aliphatic carbocycles. The van der Waals surface area contributed by atoms with Gasteiger partial charge in [-0.3, -0.25) is 10.1 Å². The summed E-state index contributed by atoms with van der Waals surface area (Å²) in [7, 11) is 1.34. The Hall–Kier alpha value is -2.52. The van der Waals surface area contributed by atoms with Crippen LogP contribution in [0.5, 0.6) is 5.75 Å². The first-order chi connectivity index (χ1) is 11.5. The molecule has 7 nitrogen and oxygen atoms in total. The molecule has 1 aromatic carbocycles. The molecule has 0 saturated heterocycles. The summed E-state index contributed by atoms with van der Waals surface area (Å²) in [6, 6.07) is 6.08. The molecule has 3 rings (SSSR count). The molecule has 0 N–H and O–H groups in total. The molecule has 9 heteroatoms. The van der Waals surface area contributed by atoms with Crippen LogP contribution in [-0.2, 0) is 9.53 Å². The van der Waals surface area contributed by atoms with Crippen molar-refractivity contribution in [2.75, 3.05) is 7.11 Å². The summed E-state index contributed by atoms with van der Waals surface area (Å²) < 4.78 is 11.0. The van der Waals surface area contributed by atoms with Crippen molar-refractivity contribution in [3.63, 3.8) is 0 Å². The SMILES string of the molecule is COc1ccc(C2=NC(=Cc3csc(Br)c3)C(=O)O2)cc1[N+](=O)[O-]. The van der Waals surface area contributed by atoms with Gasteiger partial charge >= 0.3 is 11.7 Å². The van der Waals surface area contributed by atoms with Gasteiger partial charge in [-0.05, 0) is 51.1 Å². The van der Waals surface area contributed by atoms with E-state index in [0.29, 0.717) is 5.56 Å². The number of hydrogen-bond donors (Lipinski definition) is 0. The minimum atomic E-state index is -0.606. The van der Waals surface area contributed by atoms with E-state index in [-0.39, 0.29) is 23.0 Å². The highest BCUT2D eigenvalue weighted by Gasteiger charge is 2.26. The third-order valence-corrected chi connectivity index (χ3v) is 4.66. The average Bonchev–Trinajstić information content (AvgIpc) is 3.13. The number of cyclic esters (lactones) is 1. The van der Waals surface area contributed by atoms with E-state index in [1.165, 1.54) is 30.6 Å². The Balaban J connectivity index is 1.97. The second kappa shape index (κ2) is 6.54. The molecule has 0 unspecified atom stereocenters. The summed E-state index contributed by atoms with van der Waals surface area (Å²) in [4.78, 5) is 26.6. The maximum atomic E-state index is 11.9. The van der Waals surface area contributed by atoms with Crippen LogP contribution in [-0.4, -0.2) is 23.9 Å². The molecule has 0 fully saturated rings. The maximum Gasteiger partial charge on any atom is 0.363 e. The highest BCUT2D eigenvalue weighted by molar-refractivity contribution is 9.11. The summed E-state index contributed by atoms with van der Waals surface area (Å²) >= 11 is 4.82. The number of thiophene rings is 1. The van der Waals surface area contributed by atoms with Crippen molar-refractivity contribution in [3.8, 4) is 5.75 Å². The first-order valence-electron chi connectivity index (χ1n) is 6.57. The molecule has 1 aromatic heterocycles. The molecule has 1 aliphatic heterocycles. The molecule has 0 bridgehead atoms. The van der Waals surface area contributed by atoms with Crippen molar-refractivity contribution < 1.29 is 19.2 Å². The Kier molecular flexibility index (Phi) is 4.45. The molecule has 122 valence electrons. The van der Waals surface area contributed by atoms with Crippen molar-refractivity contribution in [3.05, 3.63) is 60.4 Å². The number of carbonyl (C=O) groups is 1. The van der Waals surface area contributed by atoms with Gasteiger partial charge in [0.2, 0.25) is 5.90 Å². The average molecular weight is 409 g/mol. The summed E-state index contributed by atoms with van der Waals surface area (Å²) in [5, 5.41) is 12.9. The third kappa shape index (κ3) is 3.22. The van der Waals surface area contributed by atoms with Gasteiger partial charge in [0.05, 0.1) is 15.8 Å². The van der Waals surface area contributed by atoms with E-state index in [0.717, 1.165) is 9.35 Å². The predicted molar refractivity (Wildman–Crippen MR) is 92.3 cm³/mol. The quantitative estimate of drug-likeness (QED) is 0.332. The third-order valence-electron chi connectivity index (χ3n) is 3.13. The van der Waals surface area contributed by atoms with Crippen LogP contribution in [0.15, 0.2) is 44.1 Å². The summed E-state index contributed by atoms with van der Waals surface area (Å²) in [5.74, 6) is -0.468. The van der Waals surface area contributed by atoms with Crippen molar-refractivity contribution in [2.24, 2.45) is 4.99 Å². The Labute approximate surface area is 148 Å². The van der Waals surface area contributed by atoms with Gasteiger partial charge in [-0.2, -0.15) is 0 Å². The highest BCUT2D eigenvalue weighted by atomic mass is 79.9. The fourth-order valence-corrected chi connectivity index (χ4v) is 3.19. The molecule has 2 heterocycles. The van der Waals surface area contributed by atoms with Crippen LogP contribution < -0.4 is 4.74 Å². The largest absolute Gasteiger partial charge is 0.490 e. The monoisotopic (exact) mass is 408 g/mol. The van der Waals surface area contributed by atoms with E-state index < -0.39 is 10.9 Å². The number of esters is 1. The van der Waals surface area contributed by atoms with E-state index in [1.807, 2.05) is 11.4 Å². The number of methoxy groups -OCH3 is 1. The van der Waals surface area contributed by atoms with Gasteiger partial charge in [0.25, 0.3) is 0 Å². The van der Waals surface area contributed by atoms with Crippen LogP contribution in [0, 0.1) is 10.1 Å². The Bertz CT molecular complexity index is 903. The number of benzene rings is 1. The molecule has 24 heavy (non-hydrogen) atoms. The number of ether oxygens (including phenoxy) is 2. The zero-order chi connectivity index (χ0) is 17.3. The van der Waals surface area contributed by atoms with Gasteiger partial charge in [0, 0.05) is 11.6 Å². The molecular weight excluding hydrogens is 400 g/mol. The Morgan fingerprint density at radius 3 is 2.83 bits per heavy atom. The minimum absolute atomic E-state index is 0.0197. The zero-order valence-electron chi connectivity index (χ0n) is 12.2. The van der Waals surface area contributed by atoms with Crippen molar-refractivity contribution in [1.29, 1.82) is 0 Å². The maximum absolute atomic E-state index is 11.9. The van der Waals surface area contributed by atoms with Crippen LogP contribution in [0.4, 0.5) is 5.69 Å². The van der Waals surface area contributed by atoms with Crippen molar-refractivity contribution in [2.45, 2.75) is 0 Å². The topological polar surface area (TPSA) is 91.0 Å². The molecular formula is C15H9BrN2O5S. The van der Waals surface area contributed by atoms with Gasteiger partial charge in [-0.1, -0.05) is 0 Å². The number of aliphatic imine (C=N–C) groups is 1. The number of rotatable bonds is 4. The van der Waals surface area contributed by atoms with E-state index in [1.54, 1.807) is 12.1 Å². The second-order valence-corrected chi connectivity index (χ2v) is 6.95. The van der Waals surface area contributed by atoms with Crippen LogP contribution in [0.25, 0.3) is 6.08 Å². The number of nitro benzene ring substituents is 1. The first kappa shape index (κ1) is 16.3. The summed E-state index contributed by atoms with van der Waals surface area (Å²) in [6.45, 7) is 0. The minimum Gasteiger partial charge on any atom is -0.490 e. The molecule has 0 spiro atoms. The molecule has 0 radical (unpaired) electrons. The van der Waals surface area contributed by atoms with Gasteiger partial charge in [0.1, 0.15) is 0 Å². The fraction of sp³-hybridized carbons (Fsp3) is 0.0667. The zero-order valence-corrected chi connectivity index (χ0v) is 14.6. The second-order valence-electron chi connectivity index (χ2n) is 4.66. The molecule has 1 aliphatic rings. The molecule has 2 aromatic rings. The molecule has 0 atom stereocenters.